The molecule has 1 aromatic carbocycles. The lowest BCUT2D eigenvalue weighted by atomic mass is 9.87. The fourth-order valence-electron chi connectivity index (χ4n) is 3.43. The first kappa shape index (κ1) is 17.2. The highest BCUT2D eigenvalue weighted by atomic mass is 32.2. The number of aryl methyl sites for hydroxylation is 2. The van der Waals surface area contributed by atoms with Gasteiger partial charge in [-0.05, 0) is 37.7 Å². The van der Waals surface area contributed by atoms with E-state index in [-0.39, 0.29) is 11.8 Å². The predicted molar refractivity (Wildman–Crippen MR) is 93.0 cm³/mol. The smallest absolute Gasteiger partial charge is 0.214 e. The van der Waals surface area contributed by atoms with Crippen LogP contribution in [0.2, 0.25) is 0 Å². The summed E-state index contributed by atoms with van der Waals surface area (Å²) in [5, 5.41) is 3.63. The minimum absolute atomic E-state index is 0.0770. The number of hydrogen-bond donors (Lipinski definition) is 0. The molecule has 2 atom stereocenters. The van der Waals surface area contributed by atoms with Crippen molar-refractivity contribution in [2.24, 2.45) is 5.92 Å². The van der Waals surface area contributed by atoms with Gasteiger partial charge in [-0.3, -0.25) is 0 Å². The molecule has 5 nitrogen and oxygen atoms in total. The van der Waals surface area contributed by atoms with Crippen LogP contribution in [-0.4, -0.2) is 30.2 Å². The van der Waals surface area contributed by atoms with E-state index in [1.54, 1.807) is 10.5 Å². The molecule has 0 aliphatic carbocycles. The first-order valence-electron chi connectivity index (χ1n) is 8.42. The second kappa shape index (κ2) is 7.07. The summed E-state index contributed by atoms with van der Waals surface area (Å²) in [6.07, 6.45) is 5.47. The first-order valence-corrected chi connectivity index (χ1v) is 10.0. The van der Waals surface area contributed by atoms with Crippen LogP contribution in [0, 0.1) is 12.8 Å². The second-order valence-electron chi connectivity index (χ2n) is 6.68. The Morgan fingerprint density at radius 3 is 2.71 bits per heavy atom. The van der Waals surface area contributed by atoms with Crippen molar-refractivity contribution >= 4 is 10.0 Å². The van der Waals surface area contributed by atoms with E-state index in [0.29, 0.717) is 18.9 Å². The van der Waals surface area contributed by atoms with Crippen LogP contribution in [0.25, 0.3) is 0 Å². The van der Waals surface area contributed by atoms with Gasteiger partial charge in [0.05, 0.1) is 18.0 Å². The molecule has 2 heterocycles. The lowest BCUT2D eigenvalue weighted by Crippen LogP contribution is -2.43. The van der Waals surface area contributed by atoms with Gasteiger partial charge in [0.15, 0.2) is 0 Å². The first-order chi connectivity index (χ1) is 11.5. The average molecular weight is 348 g/mol. The fourth-order valence-corrected chi connectivity index (χ4v) is 5.25. The molecular formula is C18H24N2O3S. The lowest BCUT2D eigenvalue weighted by molar-refractivity contribution is 0.189. The van der Waals surface area contributed by atoms with Crippen LogP contribution in [0.3, 0.4) is 0 Å². The molecule has 0 bridgehead atoms. The minimum atomic E-state index is -3.34. The normalized spacial score (nSPS) is 22.6. The summed E-state index contributed by atoms with van der Waals surface area (Å²) in [5.74, 6) is 0.398. The van der Waals surface area contributed by atoms with Crippen molar-refractivity contribution in [3.8, 4) is 0 Å². The van der Waals surface area contributed by atoms with Crippen molar-refractivity contribution in [2.75, 3.05) is 12.3 Å². The Hall–Kier alpha value is -1.66. The second-order valence-corrected chi connectivity index (χ2v) is 8.73. The topological polar surface area (TPSA) is 63.4 Å². The summed E-state index contributed by atoms with van der Waals surface area (Å²) in [7, 11) is -3.34. The molecule has 0 spiro atoms. The molecule has 1 aliphatic rings. The van der Waals surface area contributed by atoms with Gasteiger partial charge >= 0.3 is 0 Å². The van der Waals surface area contributed by atoms with Crippen molar-refractivity contribution in [3.63, 3.8) is 0 Å². The van der Waals surface area contributed by atoms with E-state index >= 15 is 0 Å². The van der Waals surface area contributed by atoms with Crippen molar-refractivity contribution in [1.82, 2.24) is 9.46 Å². The molecule has 0 N–H and O–H groups in total. The summed E-state index contributed by atoms with van der Waals surface area (Å²) in [5.41, 5.74) is 3.08. The van der Waals surface area contributed by atoms with Crippen LogP contribution in [0.1, 0.15) is 42.5 Å². The molecule has 2 aromatic rings. The van der Waals surface area contributed by atoms with E-state index < -0.39 is 10.0 Å². The molecule has 1 fully saturated rings. The van der Waals surface area contributed by atoms with Gasteiger partial charge in [-0.2, -0.15) is 4.31 Å². The molecule has 1 aliphatic heterocycles. The summed E-state index contributed by atoms with van der Waals surface area (Å²) in [4.78, 5) is 0. The number of benzene rings is 1. The maximum Gasteiger partial charge on any atom is 0.214 e. The van der Waals surface area contributed by atoms with Crippen LogP contribution >= 0.6 is 0 Å². The number of hydrogen-bond acceptors (Lipinski definition) is 4. The van der Waals surface area contributed by atoms with Crippen molar-refractivity contribution in [1.29, 1.82) is 0 Å². The Morgan fingerprint density at radius 2 is 2.04 bits per heavy atom. The van der Waals surface area contributed by atoms with Crippen LogP contribution in [0.4, 0.5) is 0 Å². The van der Waals surface area contributed by atoms with Gasteiger partial charge < -0.3 is 4.52 Å². The molecular weight excluding hydrogens is 324 g/mol. The van der Waals surface area contributed by atoms with Crippen LogP contribution in [0.5, 0.6) is 0 Å². The SMILES string of the molecule is Cc1ccc([C@@H]2[C@H](C)CCCN2S(=O)(=O)CCc2cnoc2)cc1. The van der Waals surface area contributed by atoms with E-state index in [9.17, 15) is 8.42 Å². The van der Waals surface area contributed by atoms with Crippen molar-refractivity contribution in [2.45, 2.75) is 39.2 Å². The Bertz CT molecular complexity index is 754. The largest absolute Gasteiger partial charge is 0.364 e. The van der Waals surface area contributed by atoms with Gasteiger partial charge in [0.2, 0.25) is 10.0 Å². The number of aromatic nitrogens is 1. The number of nitrogens with zero attached hydrogens (tertiary/aromatic N) is 2. The lowest BCUT2D eigenvalue weighted by Gasteiger charge is -2.39. The molecule has 1 aromatic heterocycles. The van der Waals surface area contributed by atoms with Gasteiger partial charge in [0.1, 0.15) is 6.26 Å². The zero-order valence-corrected chi connectivity index (χ0v) is 15.0. The summed E-state index contributed by atoms with van der Waals surface area (Å²) in [6.45, 7) is 4.78. The van der Waals surface area contributed by atoms with E-state index in [1.165, 1.54) is 11.8 Å². The zero-order chi connectivity index (χ0) is 17.2. The Balaban J connectivity index is 1.83. The van der Waals surface area contributed by atoms with E-state index in [0.717, 1.165) is 24.0 Å². The molecule has 24 heavy (non-hydrogen) atoms. The highest BCUT2D eigenvalue weighted by Crippen LogP contribution is 2.37. The molecule has 6 heteroatoms. The summed E-state index contributed by atoms with van der Waals surface area (Å²) >= 11 is 0. The Labute approximate surface area is 143 Å². The fraction of sp³-hybridized carbons (Fsp3) is 0.500. The minimum Gasteiger partial charge on any atom is -0.364 e. The molecule has 0 radical (unpaired) electrons. The third-order valence-electron chi connectivity index (χ3n) is 4.80. The molecule has 0 unspecified atom stereocenters. The Morgan fingerprint density at radius 1 is 1.29 bits per heavy atom. The molecule has 3 rings (SSSR count). The molecule has 0 amide bonds. The summed E-state index contributed by atoms with van der Waals surface area (Å²) < 4.78 is 32.4. The van der Waals surface area contributed by atoms with Crippen molar-refractivity contribution < 1.29 is 12.9 Å². The van der Waals surface area contributed by atoms with E-state index in [4.69, 9.17) is 4.52 Å². The standard InChI is InChI=1S/C18H24N2O3S/c1-14-5-7-17(8-6-14)18-15(2)4-3-10-20(18)24(21,22)11-9-16-12-19-23-13-16/h5-8,12-13,15,18H,3-4,9-11H2,1-2H3/t15-,18+/m1/s1. The van der Waals surface area contributed by atoms with Gasteiger partial charge in [-0.1, -0.05) is 41.9 Å². The molecule has 130 valence electrons. The number of piperidine rings is 1. The monoisotopic (exact) mass is 348 g/mol. The predicted octanol–water partition coefficient (Wildman–Crippen LogP) is 3.33. The van der Waals surface area contributed by atoms with Crippen LogP contribution < -0.4 is 0 Å². The third kappa shape index (κ3) is 3.70. The molecule has 0 saturated carbocycles. The quantitative estimate of drug-likeness (QED) is 0.831. The average Bonchev–Trinajstić information content (AvgIpc) is 3.07. The zero-order valence-electron chi connectivity index (χ0n) is 14.2. The van der Waals surface area contributed by atoms with Gasteiger partial charge in [-0.15, -0.1) is 0 Å². The van der Waals surface area contributed by atoms with Crippen molar-refractivity contribution in [3.05, 3.63) is 53.4 Å². The number of rotatable bonds is 5. The summed E-state index contributed by atoms with van der Waals surface area (Å²) in [6, 6.07) is 8.15. The highest BCUT2D eigenvalue weighted by molar-refractivity contribution is 7.89. The molecule has 1 saturated heterocycles. The third-order valence-corrected chi connectivity index (χ3v) is 6.64. The van der Waals surface area contributed by atoms with E-state index in [1.807, 2.05) is 6.92 Å². The highest BCUT2D eigenvalue weighted by Gasteiger charge is 2.37. The van der Waals surface area contributed by atoms with Gasteiger partial charge in [0.25, 0.3) is 0 Å². The van der Waals surface area contributed by atoms with Crippen LogP contribution in [-0.2, 0) is 16.4 Å². The van der Waals surface area contributed by atoms with Crippen LogP contribution in [0.15, 0.2) is 41.2 Å². The maximum atomic E-state index is 13.0. The Kier molecular flexibility index (Phi) is 5.06. The van der Waals surface area contributed by atoms with Gasteiger partial charge in [0, 0.05) is 12.1 Å². The number of sulfonamides is 1. The van der Waals surface area contributed by atoms with Gasteiger partial charge in [-0.25, -0.2) is 8.42 Å². The van der Waals surface area contributed by atoms with E-state index in [2.05, 4.69) is 36.3 Å². The maximum absolute atomic E-state index is 13.0.